The molecule has 1 aliphatic rings. The fourth-order valence-electron chi connectivity index (χ4n) is 2.10. The number of hydrogen-bond donors (Lipinski definition) is 2. The van der Waals surface area contributed by atoms with E-state index in [1.54, 1.807) is 12.1 Å². The largest absolute Gasteiger partial charge is 0.475 e. The normalized spacial score (nSPS) is 18.3. The van der Waals surface area contributed by atoms with Gasteiger partial charge in [0.15, 0.2) is 6.23 Å². The maximum Gasteiger partial charge on any atom is 0.249 e. The Labute approximate surface area is 101 Å². The molecule has 17 heavy (non-hydrogen) atoms. The molecule has 1 aromatic rings. The van der Waals surface area contributed by atoms with Crippen LogP contribution < -0.4 is 15.8 Å². The van der Waals surface area contributed by atoms with Crippen molar-refractivity contribution in [3.05, 3.63) is 29.3 Å². The van der Waals surface area contributed by atoms with E-state index < -0.39 is 0 Å². The first kappa shape index (κ1) is 11.9. The highest BCUT2D eigenvalue weighted by Gasteiger charge is 2.22. The van der Waals surface area contributed by atoms with Gasteiger partial charge in [0.1, 0.15) is 5.75 Å². The average Bonchev–Trinajstić information content (AvgIpc) is 2.35. The number of carbonyl (C=O) groups is 1. The van der Waals surface area contributed by atoms with Crippen LogP contribution >= 0.6 is 0 Å². The molecule has 0 radical (unpaired) electrons. The van der Waals surface area contributed by atoms with Crippen molar-refractivity contribution in [3.63, 3.8) is 0 Å². The van der Waals surface area contributed by atoms with Gasteiger partial charge in [-0.2, -0.15) is 0 Å². The van der Waals surface area contributed by atoms with Crippen molar-refractivity contribution >= 4 is 5.91 Å². The highest BCUT2D eigenvalue weighted by Crippen LogP contribution is 2.29. The minimum absolute atomic E-state index is 0.0468. The monoisotopic (exact) mass is 234 g/mol. The van der Waals surface area contributed by atoms with Gasteiger partial charge in [-0.15, -0.1) is 0 Å². The summed E-state index contributed by atoms with van der Waals surface area (Å²) in [5.74, 6) is 0.395. The van der Waals surface area contributed by atoms with E-state index in [4.69, 9.17) is 10.5 Å². The van der Waals surface area contributed by atoms with Crippen LogP contribution in [0.3, 0.4) is 0 Å². The molecule has 0 spiro atoms. The quantitative estimate of drug-likeness (QED) is 0.828. The summed E-state index contributed by atoms with van der Waals surface area (Å²) in [6.45, 7) is 3.06. The number of fused-ring (bicyclic) bond motifs is 1. The number of rotatable bonds is 4. The first-order valence-electron chi connectivity index (χ1n) is 6.04. The molecule has 92 valence electrons. The number of ether oxygens (including phenoxy) is 1. The Hall–Kier alpha value is -1.55. The lowest BCUT2D eigenvalue weighted by atomic mass is 9.98. The zero-order valence-electron chi connectivity index (χ0n) is 10.0. The third-order valence-electron chi connectivity index (χ3n) is 2.95. The average molecular weight is 234 g/mol. The summed E-state index contributed by atoms with van der Waals surface area (Å²) in [6.07, 6.45) is 2.83. The SMILES string of the molecule is CCCNC1CCc2c(cccc2C(N)=O)O1. The molecule has 4 heteroatoms. The molecule has 0 fully saturated rings. The predicted molar refractivity (Wildman–Crippen MR) is 66.0 cm³/mol. The highest BCUT2D eigenvalue weighted by molar-refractivity contribution is 5.95. The number of carbonyl (C=O) groups excluding carboxylic acids is 1. The second-order valence-electron chi connectivity index (χ2n) is 4.25. The molecule has 1 aromatic carbocycles. The molecule has 0 bridgehead atoms. The fourth-order valence-corrected chi connectivity index (χ4v) is 2.10. The smallest absolute Gasteiger partial charge is 0.249 e. The topological polar surface area (TPSA) is 64.3 Å². The second-order valence-corrected chi connectivity index (χ2v) is 4.25. The van der Waals surface area contributed by atoms with Crippen LogP contribution in [-0.2, 0) is 6.42 Å². The zero-order valence-corrected chi connectivity index (χ0v) is 10.0. The van der Waals surface area contributed by atoms with Gasteiger partial charge < -0.3 is 10.5 Å². The Morgan fingerprint density at radius 2 is 2.41 bits per heavy atom. The van der Waals surface area contributed by atoms with Crippen LogP contribution in [0.1, 0.15) is 35.7 Å². The summed E-state index contributed by atoms with van der Waals surface area (Å²) >= 11 is 0. The molecule has 0 aliphatic carbocycles. The van der Waals surface area contributed by atoms with E-state index in [2.05, 4.69) is 12.2 Å². The minimum Gasteiger partial charge on any atom is -0.475 e. The second kappa shape index (κ2) is 5.19. The predicted octanol–water partition coefficient (Wildman–Crippen LogP) is 1.44. The Morgan fingerprint density at radius 1 is 1.59 bits per heavy atom. The third-order valence-corrected chi connectivity index (χ3v) is 2.95. The van der Waals surface area contributed by atoms with Crippen molar-refractivity contribution in [3.8, 4) is 5.75 Å². The van der Waals surface area contributed by atoms with E-state index >= 15 is 0 Å². The van der Waals surface area contributed by atoms with E-state index in [-0.39, 0.29) is 12.1 Å². The van der Waals surface area contributed by atoms with Gasteiger partial charge in [0.2, 0.25) is 5.91 Å². The van der Waals surface area contributed by atoms with Crippen molar-refractivity contribution in [2.24, 2.45) is 5.73 Å². The summed E-state index contributed by atoms with van der Waals surface area (Å²) < 4.78 is 5.81. The van der Waals surface area contributed by atoms with Gasteiger partial charge in [0.05, 0.1) is 0 Å². The van der Waals surface area contributed by atoms with Gasteiger partial charge in [0.25, 0.3) is 0 Å². The molecule has 0 saturated heterocycles. The minimum atomic E-state index is -0.384. The highest BCUT2D eigenvalue weighted by atomic mass is 16.5. The van der Waals surface area contributed by atoms with Crippen LogP contribution in [0.5, 0.6) is 5.75 Å². The summed E-state index contributed by atoms with van der Waals surface area (Å²) in [7, 11) is 0. The molecule has 1 atom stereocenters. The maximum atomic E-state index is 11.3. The molecule has 1 heterocycles. The van der Waals surface area contributed by atoms with E-state index in [1.807, 2.05) is 6.07 Å². The number of benzene rings is 1. The first-order chi connectivity index (χ1) is 8.22. The van der Waals surface area contributed by atoms with E-state index in [1.165, 1.54) is 0 Å². The van der Waals surface area contributed by atoms with Gasteiger partial charge >= 0.3 is 0 Å². The molecule has 1 amide bonds. The number of hydrogen-bond acceptors (Lipinski definition) is 3. The Morgan fingerprint density at radius 3 is 3.12 bits per heavy atom. The van der Waals surface area contributed by atoms with Gasteiger partial charge in [-0.05, 0) is 31.5 Å². The van der Waals surface area contributed by atoms with Crippen LogP contribution in [0, 0.1) is 0 Å². The van der Waals surface area contributed by atoms with Gasteiger partial charge in [-0.1, -0.05) is 13.0 Å². The van der Waals surface area contributed by atoms with Gasteiger partial charge in [-0.3, -0.25) is 10.1 Å². The number of amides is 1. The Kier molecular flexibility index (Phi) is 3.64. The standard InChI is InChI=1S/C13H18N2O2/c1-2-8-15-12-7-6-9-10(13(14)16)4-3-5-11(9)17-12/h3-5,12,15H,2,6-8H2,1H3,(H2,14,16). The number of nitrogens with two attached hydrogens (primary N) is 1. The van der Waals surface area contributed by atoms with E-state index in [0.29, 0.717) is 5.56 Å². The van der Waals surface area contributed by atoms with Crippen molar-refractivity contribution < 1.29 is 9.53 Å². The molecule has 4 nitrogen and oxygen atoms in total. The van der Waals surface area contributed by atoms with Crippen molar-refractivity contribution in [2.75, 3.05) is 6.54 Å². The zero-order chi connectivity index (χ0) is 12.3. The van der Waals surface area contributed by atoms with Crippen LogP contribution in [0.2, 0.25) is 0 Å². The third kappa shape index (κ3) is 2.58. The molecule has 0 aromatic heterocycles. The summed E-state index contributed by atoms with van der Waals surface area (Å²) in [6, 6.07) is 5.45. The molecule has 2 rings (SSSR count). The number of primary amides is 1. The molecule has 1 aliphatic heterocycles. The van der Waals surface area contributed by atoms with Crippen molar-refractivity contribution in [1.29, 1.82) is 0 Å². The summed E-state index contributed by atoms with van der Waals surface area (Å²) in [5, 5.41) is 3.32. The molecule has 1 unspecified atom stereocenters. The lowest BCUT2D eigenvalue weighted by Gasteiger charge is -2.27. The molecular formula is C13H18N2O2. The molecule has 3 N–H and O–H groups in total. The first-order valence-corrected chi connectivity index (χ1v) is 6.04. The van der Waals surface area contributed by atoms with Gasteiger partial charge in [0, 0.05) is 17.5 Å². The molecule has 0 saturated carbocycles. The van der Waals surface area contributed by atoms with Crippen LogP contribution in [0.4, 0.5) is 0 Å². The summed E-state index contributed by atoms with van der Waals surface area (Å²) in [5.41, 5.74) is 6.86. The van der Waals surface area contributed by atoms with Crippen molar-refractivity contribution in [2.45, 2.75) is 32.4 Å². The van der Waals surface area contributed by atoms with Crippen molar-refractivity contribution in [1.82, 2.24) is 5.32 Å². The molecular weight excluding hydrogens is 216 g/mol. The number of nitrogens with one attached hydrogen (secondary N) is 1. The van der Waals surface area contributed by atoms with Gasteiger partial charge in [-0.25, -0.2) is 0 Å². The maximum absolute atomic E-state index is 11.3. The van der Waals surface area contributed by atoms with Crippen LogP contribution in [-0.4, -0.2) is 18.7 Å². The van der Waals surface area contributed by atoms with E-state index in [0.717, 1.165) is 37.1 Å². The van der Waals surface area contributed by atoms with Crippen LogP contribution in [0.25, 0.3) is 0 Å². The fraction of sp³-hybridized carbons (Fsp3) is 0.462. The Bertz CT molecular complexity index is 418. The van der Waals surface area contributed by atoms with E-state index in [9.17, 15) is 4.79 Å². The lowest BCUT2D eigenvalue weighted by Crippen LogP contribution is -2.38. The summed E-state index contributed by atoms with van der Waals surface area (Å²) in [4.78, 5) is 11.3. The van der Waals surface area contributed by atoms with Crippen LogP contribution in [0.15, 0.2) is 18.2 Å². The lowest BCUT2D eigenvalue weighted by molar-refractivity contribution is 0.0993. The Balaban J connectivity index is 2.16.